The molecule has 0 fully saturated rings. The van der Waals surface area contributed by atoms with Crippen LogP contribution in [0.25, 0.3) is 111 Å². The molecule has 6 nitrogen and oxygen atoms in total. The fourth-order valence-electron chi connectivity index (χ4n) is 10.4. The number of aromatic nitrogens is 6. The third kappa shape index (κ3) is 7.08. The van der Waals surface area contributed by atoms with E-state index < -0.39 is 0 Å². The van der Waals surface area contributed by atoms with Gasteiger partial charge < -0.3 is 4.57 Å². The maximum Gasteiger partial charge on any atom is 0.0893 e. The molecular formula is C64H44N6. The van der Waals surface area contributed by atoms with Crippen LogP contribution in [0.15, 0.2) is 237 Å². The number of fused-ring (bicyclic) bond motifs is 7. The van der Waals surface area contributed by atoms with E-state index in [1.807, 2.05) is 60.9 Å². The predicted octanol–water partition coefficient (Wildman–Crippen LogP) is 15.7. The molecule has 70 heavy (non-hydrogen) atoms. The van der Waals surface area contributed by atoms with Crippen LogP contribution in [-0.2, 0) is 5.41 Å². The molecule has 0 spiro atoms. The van der Waals surface area contributed by atoms with Gasteiger partial charge in [0.2, 0.25) is 0 Å². The summed E-state index contributed by atoms with van der Waals surface area (Å²) in [6.07, 6.45) is 11.5. The fourth-order valence-corrected chi connectivity index (χ4v) is 10.4. The van der Waals surface area contributed by atoms with Crippen molar-refractivity contribution in [1.29, 1.82) is 0 Å². The van der Waals surface area contributed by atoms with Gasteiger partial charge in [-0.2, -0.15) is 0 Å². The van der Waals surface area contributed by atoms with E-state index in [4.69, 9.17) is 15.0 Å². The zero-order valence-electron chi connectivity index (χ0n) is 38.4. The minimum Gasteiger partial charge on any atom is -0.309 e. The SMILES string of the molecule is CC1(c2cc(-c3cccc(-c4ccccn4)n3)cc(-c3cccc(-c4ccccn4)n3)c2)C=CC(c2cccc3c2nc(-c2ccccc2)c2ccc4c(c5ccccc5n4-c4ccccc4)c23)=CC1. The maximum atomic E-state index is 5.64. The average molecular weight is 897 g/mol. The molecule has 6 aromatic carbocycles. The van der Waals surface area contributed by atoms with Crippen LogP contribution in [-0.4, -0.2) is 29.5 Å². The summed E-state index contributed by atoms with van der Waals surface area (Å²) in [5.41, 5.74) is 16.7. The lowest BCUT2D eigenvalue weighted by Crippen LogP contribution is -2.20. The fraction of sp³-hybridized carbons (Fsp3) is 0.0469. The van der Waals surface area contributed by atoms with Gasteiger partial charge >= 0.3 is 0 Å². The molecule has 1 unspecified atom stereocenters. The summed E-state index contributed by atoms with van der Waals surface area (Å²) in [5.74, 6) is 0. The Morgan fingerprint density at radius 2 is 1.04 bits per heavy atom. The monoisotopic (exact) mass is 896 g/mol. The number of para-hydroxylation sites is 3. The summed E-state index contributed by atoms with van der Waals surface area (Å²) in [6, 6.07) is 72.4. The third-order valence-corrected chi connectivity index (χ3v) is 13.9. The molecule has 330 valence electrons. The Morgan fingerprint density at radius 3 is 1.70 bits per heavy atom. The number of hydrogen-bond donors (Lipinski definition) is 0. The summed E-state index contributed by atoms with van der Waals surface area (Å²) in [6.45, 7) is 2.33. The number of rotatable bonds is 8. The molecule has 0 radical (unpaired) electrons. The lowest BCUT2D eigenvalue weighted by molar-refractivity contribution is 0.602. The Morgan fingerprint density at radius 1 is 0.443 bits per heavy atom. The number of nitrogens with zero attached hydrogens (tertiary/aromatic N) is 6. The zero-order chi connectivity index (χ0) is 46.6. The molecule has 6 aromatic heterocycles. The van der Waals surface area contributed by atoms with E-state index in [9.17, 15) is 0 Å². The van der Waals surface area contributed by atoms with E-state index >= 15 is 0 Å². The number of benzene rings is 6. The standard InChI is InChI=1S/C64H44N6/c1-64(46-40-44(52-26-15-28-56(67-52)54-24-10-12-37-65-54)39-45(41-46)53-27-16-29-57(68-53)55-25-11-13-38-66-55)35-33-42(34-36-64)48-22-14-23-50-60-51(62(69-63(48)50)43-17-4-2-5-18-43)31-32-59-61(60)49-21-8-9-30-58(49)70(59)47-19-6-3-7-20-47/h2-35,37-41H,36H2,1H3. The molecule has 6 heteroatoms. The molecule has 0 N–H and O–H groups in total. The van der Waals surface area contributed by atoms with Crippen molar-refractivity contribution in [2.45, 2.75) is 18.8 Å². The molecule has 0 bridgehead atoms. The van der Waals surface area contributed by atoms with Gasteiger partial charge in [-0.25, -0.2) is 15.0 Å². The Balaban J connectivity index is 0.962. The molecule has 0 saturated carbocycles. The van der Waals surface area contributed by atoms with Crippen molar-refractivity contribution < 1.29 is 0 Å². The summed E-state index contributed by atoms with van der Waals surface area (Å²) >= 11 is 0. The number of allylic oxidation sites excluding steroid dienone is 4. The molecule has 1 atom stereocenters. The van der Waals surface area contributed by atoms with E-state index in [2.05, 4.69) is 197 Å². The van der Waals surface area contributed by atoms with Gasteiger partial charge in [0.25, 0.3) is 0 Å². The molecule has 13 rings (SSSR count). The average Bonchev–Trinajstić information content (AvgIpc) is 3.78. The topological polar surface area (TPSA) is 69.4 Å². The normalized spacial score (nSPS) is 14.7. The van der Waals surface area contributed by atoms with Crippen LogP contribution < -0.4 is 0 Å². The maximum absolute atomic E-state index is 5.64. The zero-order valence-corrected chi connectivity index (χ0v) is 38.4. The molecule has 12 aromatic rings. The van der Waals surface area contributed by atoms with Crippen molar-refractivity contribution in [3.8, 4) is 62.2 Å². The van der Waals surface area contributed by atoms with E-state index in [1.54, 1.807) is 0 Å². The van der Waals surface area contributed by atoms with E-state index in [-0.39, 0.29) is 5.41 Å². The quantitative estimate of drug-likeness (QED) is 0.142. The van der Waals surface area contributed by atoms with Crippen molar-refractivity contribution in [1.82, 2.24) is 29.5 Å². The Bertz CT molecular complexity index is 3930. The molecule has 0 saturated heterocycles. The van der Waals surface area contributed by atoms with Gasteiger partial charge in [-0.1, -0.05) is 140 Å². The molecule has 0 aliphatic heterocycles. The highest BCUT2D eigenvalue weighted by Crippen LogP contribution is 2.45. The van der Waals surface area contributed by atoms with Gasteiger partial charge in [0, 0.05) is 72.7 Å². The van der Waals surface area contributed by atoms with Gasteiger partial charge in [-0.15, -0.1) is 0 Å². The van der Waals surface area contributed by atoms with Crippen molar-refractivity contribution in [2.24, 2.45) is 0 Å². The number of pyridine rings is 5. The Kier molecular flexibility index (Phi) is 9.91. The van der Waals surface area contributed by atoms with Crippen LogP contribution in [0.5, 0.6) is 0 Å². The lowest BCUT2D eigenvalue weighted by atomic mass is 9.74. The molecule has 1 aliphatic carbocycles. The summed E-state index contributed by atoms with van der Waals surface area (Å²) in [4.78, 5) is 25.2. The van der Waals surface area contributed by atoms with Crippen LogP contribution >= 0.6 is 0 Å². The molecule has 0 amide bonds. The van der Waals surface area contributed by atoms with Crippen LogP contribution in [0.4, 0.5) is 0 Å². The predicted molar refractivity (Wildman–Crippen MR) is 287 cm³/mol. The van der Waals surface area contributed by atoms with E-state index in [0.717, 1.165) is 96.1 Å². The highest BCUT2D eigenvalue weighted by molar-refractivity contribution is 6.30. The first-order chi connectivity index (χ1) is 34.6. The van der Waals surface area contributed by atoms with Crippen molar-refractivity contribution >= 4 is 49.1 Å². The van der Waals surface area contributed by atoms with Gasteiger partial charge in [-0.3, -0.25) is 9.97 Å². The first kappa shape index (κ1) is 41.1. The van der Waals surface area contributed by atoms with Crippen LogP contribution in [0, 0.1) is 0 Å². The summed E-state index contributed by atoms with van der Waals surface area (Å²) in [5, 5.41) is 5.93. The lowest BCUT2D eigenvalue weighted by Gasteiger charge is -2.30. The molecular weight excluding hydrogens is 853 g/mol. The van der Waals surface area contributed by atoms with Crippen molar-refractivity contribution in [3.63, 3.8) is 0 Å². The second-order valence-corrected chi connectivity index (χ2v) is 18.3. The molecule has 6 heterocycles. The van der Waals surface area contributed by atoms with Gasteiger partial charge in [0.15, 0.2) is 0 Å². The minimum atomic E-state index is -0.350. The largest absolute Gasteiger partial charge is 0.309 e. The van der Waals surface area contributed by atoms with Gasteiger partial charge in [0.05, 0.1) is 56.4 Å². The van der Waals surface area contributed by atoms with Gasteiger partial charge in [-0.05, 0) is 109 Å². The van der Waals surface area contributed by atoms with Crippen LogP contribution in [0.1, 0.15) is 24.5 Å². The van der Waals surface area contributed by atoms with Gasteiger partial charge in [0.1, 0.15) is 0 Å². The smallest absolute Gasteiger partial charge is 0.0893 e. The van der Waals surface area contributed by atoms with E-state index in [1.165, 1.54) is 32.8 Å². The second-order valence-electron chi connectivity index (χ2n) is 18.3. The summed E-state index contributed by atoms with van der Waals surface area (Å²) in [7, 11) is 0. The minimum absolute atomic E-state index is 0.350. The van der Waals surface area contributed by atoms with Crippen LogP contribution in [0.3, 0.4) is 0 Å². The highest BCUT2D eigenvalue weighted by atomic mass is 15.0. The third-order valence-electron chi connectivity index (χ3n) is 13.9. The van der Waals surface area contributed by atoms with E-state index in [0.29, 0.717) is 0 Å². The highest BCUT2D eigenvalue weighted by Gasteiger charge is 2.28. The van der Waals surface area contributed by atoms with Crippen molar-refractivity contribution in [3.05, 3.63) is 248 Å². The number of hydrogen-bond acceptors (Lipinski definition) is 5. The molecule has 1 aliphatic rings. The first-order valence-electron chi connectivity index (χ1n) is 23.8. The second kappa shape index (κ2) is 16.9. The Hall–Kier alpha value is -9.13. The Labute approximate surface area is 405 Å². The first-order valence-corrected chi connectivity index (χ1v) is 23.8. The summed E-state index contributed by atoms with van der Waals surface area (Å²) < 4.78 is 2.40. The van der Waals surface area contributed by atoms with Crippen molar-refractivity contribution in [2.75, 3.05) is 0 Å². The van der Waals surface area contributed by atoms with Crippen LogP contribution in [0.2, 0.25) is 0 Å².